The Hall–Kier alpha value is -2.41. The van der Waals surface area contributed by atoms with Gasteiger partial charge in [0.1, 0.15) is 12.7 Å². The Labute approximate surface area is 134 Å². The molecule has 2 aliphatic heterocycles. The van der Waals surface area contributed by atoms with E-state index in [1.807, 2.05) is 24.3 Å². The third-order valence-electron chi connectivity index (χ3n) is 3.89. The molecule has 0 radical (unpaired) electrons. The van der Waals surface area contributed by atoms with E-state index in [-0.39, 0.29) is 12.0 Å². The van der Waals surface area contributed by atoms with E-state index in [1.54, 1.807) is 11.8 Å². The minimum absolute atomic E-state index is 0.221. The third-order valence-corrected chi connectivity index (χ3v) is 3.89. The molecule has 1 aromatic carbocycles. The summed E-state index contributed by atoms with van der Waals surface area (Å²) in [6, 6.07) is 7.41. The van der Waals surface area contributed by atoms with Crippen molar-refractivity contribution in [3.63, 3.8) is 0 Å². The highest BCUT2D eigenvalue weighted by Gasteiger charge is 2.24. The lowest BCUT2D eigenvalue weighted by Gasteiger charge is -2.14. The Bertz CT molecular complexity index is 638. The average molecular weight is 317 g/mol. The maximum Gasteiger partial charge on any atom is 0.414 e. The zero-order valence-electron chi connectivity index (χ0n) is 12.9. The van der Waals surface area contributed by atoms with Crippen LogP contribution in [0.1, 0.15) is 25.3 Å². The molecule has 1 atom stereocenters. The van der Waals surface area contributed by atoms with Crippen molar-refractivity contribution in [2.24, 2.45) is 5.10 Å². The lowest BCUT2D eigenvalue weighted by molar-refractivity contribution is -0.130. The monoisotopic (exact) mass is 317 g/mol. The molecule has 1 N–H and O–H groups in total. The lowest BCUT2D eigenvalue weighted by atomic mass is 10.1. The van der Waals surface area contributed by atoms with E-state index < -0.39 is 6.10 Å². The molecule has 1 unspecified atom stereocenters. The number of anilines is 1. The van der Waals surface area contributed by atoms with Gasteiger partial charge in [0.25, 0.3) is 5.91 Å². The zero-order valence-corrected chi connectivity index (χ0v) is 12.9. The number of benzene rings is 1. The van der Waals surface area contributed by atoms with Gasteiger partial charge in [-0.05, 0) is 37.5 Å². The van der Waals surface area contributed by atoms with Gasteiger partial charge in [0, 0.05) is 12.3 Å². The predicted molar refractivity (Wildman–Crippen MR) is 84.5 cm³/mol. The van der Waals surface area contributed by atoms with Gasteiger partial charge in [-0.25, -0.2) is 10.2 Å². The number of nitrogens with one attached hydrogen (secondary N) is 1. The molecule has 3 rings (SSSR count). The predicted octanol–water partition coefficient (Wildman–Crippen LogP) is 1.66. The summed E-state index contributed by atoms with van der Waals surface area (Å²) in [6.45, 7) is 3.35. The summed E-state index contributed by atoms with van der Waals surface area (Å²) in [5, 5.41) is 4.13. The smallest absolute Gasteiger partial charge is 0.414 e. The number of cyclic esters (lactones) is 1. The van der Waals surface area contributed by atoms with Crippen LogP contribution in [0.15, 0.2) is 29.4 Å². The fraction of sp³-hybridized carbons (Fsp3) is 0.438. The molecule has 0 aliphatic carbocycles. The van der Waals surface area contributed by atoms with Gasteiger partial charge in [0.2, 0.25) is 0 Å². The highest BCUT2D eigenvalue weighted by atomic mass is 16.6. The first-order valence-electron chi connectivity index (χ1n) is 7.65. The highest BCUT2D eigenvalue weighted by Crippen LogP contribution is 2.20. The molecule has 7 heteroatoms. The van der Waals surface area contributed by atoms with Crippen LogP contribution >= 0.6 is 0 Å². The second-order valence-electron chi connectivity index (χ2n) is 5.49. The summed E-state index contributed by atoms with van der Waals surface area (Å²) in [4.78, 5) is 25.1. The summed E-state index contributed by atoms with van der Waals surface area (Å²) in [7, 11) is 0. The van der Waals surface area contributed by atoms with Crippen molar-refractivity contribution >= 4 is 23.4 Å². The Balaban J connectivity index is 1.69. The molecule has 2 heterocycles. The zero-order chi connectivity index (χ0) is 16.2. The molecule has 2 fully saturated rings. The number of hydrazone groups is 1. The first-order chi connectivity index (χ1) is 11.1. The fourth-order valence-electron chi connectivity index (χ4n) is 2.59. The van der Waals surface area contributed by atoms with Gasteiger partial charge < -0.3 is 9.47 Å². The Morgan fingerprint density at radius 1 is 1.39 bits per heavy atom. The van der Waals surface area contributed by atoms with Crippen LogP contribution in [-0.4, -0.2) is 43.6 Å². The normalized spacial score (nSPS) is 21.4. The lowest BCUT2D eigenvalue weighted by Crippen LogP contribution is -2.31. The van der Waals surface area contributed by atoms with Crippen LogP contribution in [0.2, 0.25) is 0 Å². The van der Waals surface area contributed by atoms with Crippen LogP contribution in [0, 0.1) is 0 Å². The number of hydrogen-bond donors (Lipinski definition) is 1. The van der Waals surface area contributed by atoms with Crippen LogP contribution in [-0.2, 0) is 14.3 Å². The van der Waals surface area contributed by atoms with Crippen molar-refractivity contribution in [2.75, 3.05) is 24.7 Å². The standard InChI is InChI=1S/C16H19N3O4/c1-11(17-18-15(20)14-6-3-8-22-14)12-4-2-5-13(10-12)19-7-9-23-16(19)21/h2,4-5,10,14H,3,6-9H2,1H3,(H,18,20)/b17-11+. The molecule has 0 spiro atoms. The van der Waals surface area contributed by atoms with Crippen LogP contribution in [0.4, 0.5) is 10.5 Å². The van der Waals surface area contributed by atoms with Gasteiger partial charge in [0.15, 0.2) is 0 Å². The number of ether oxygens (including phenoxy) is 2. The van der Waals surface area contributed by atoms with Crippen molar-refractivity contribution in [1.82, 2.24) is 5.43 Å². The summed E-state index contributed by atoms with van der Waals surface area (Å²) in [5.41, 5.74) is 4.78. The van der Waals surface area contributed by atoms with Gasteiger partial charge in [-0.15, -0.1) is 0 Å². The fourth-order valence-corrected chi connectivity index (χ4v) is 2.59. The van der Waals surface area contributed by atoms with Gasteiger partial charge in [-0.2, -0.15) is 5.10 Å². The van der Waals surface area contributed by atoms with E-state index in [4.69, 9.17) is 9.47 Å². The first kappa shape index (κ1) is 15.5. The second-order valence-corrected chi connectivity index (χ2v) is 5.49. The summed E-state index contributed by atoms with van der Waals surface area (Å²) >= 11 is 0. The summed E-state index contributed by atoms with van der Waals surface area (Å²) in [5.74, 6) is -0.221. The number of amides is 2. The van der Waals surface area contributed by atoms with Crippen LogP contribution in [0.5, 0.6) is 0 Å². The molecule has 1 aromatic rings. The molecule has 2 aliphatic rings. The molecule has 0 bridgehead atoms. The maximum atomic E-state index is 11.9. The van der Waals surface area contributed by atoms with Crippen molar-refractivity contribution in [1.29, 1.82) is 0 Å². The van der Waals surface area contributed by atoms with Crippen molar-refractivity contribution < 1.29 is 19.1 Å². The van der Waals surface area contributed by atoms with Gasteiger partial charge >= 0.3 is 6.09 Å². The van der Waals surface area contributed by atoms with Crippen LogP contribution < -0.4 is 10.3 Å². The number of rotatable bonds is 4. The van der Waals surface area contributed by atoms with E-state index in [0.717, 1.165) is 24.1 Å². The van der Waals surface area contributed by atoms with Gasteiger partial charge in [0.05, 0.1) is 12.3 Å². The van der Waals surface area contributed by atoms with Gasteiger partial charge in [-0.3, -0.25) is 9.69 Å². The molecule has 0 saturated carbocycles. The quantitative estimate of drug-likeness (QED) is 0.676. The van der Waals surface area contributed by atoms with Crippen molar-refractivity contribution in [3.05, 3.63) is 29.8 Å². The number of nitrogens with zero attached hydrogens (tertiary/aromatic N) is 2. The van der Waals surface area contributed by atoms with Crippen LogP contribution in [0.3, 0.4) is 0 Å². The average Bonchev–Trinajstić information content (AvgIpc) is 3.24. The Morgan fingerprint density at radius 2 is 2.26 bits per heavy atom. The second kappa shape index (κ2) is 6.78. The molecule has 2 saturated heterocycles. The Morgan fingerprint density at radius 3 is 2.96 bits per heavy atom. The molecule has 23 heavy (non-hydrogen) atoms. The Kier molecular flexibility index (Phi) is 4.57. The van der Waals surface area contributed by atoms with E-state index in [9.17, 15) is 9.59 Å². The van der Waals surface area contributed by atoms with Crippen molar-refractivity contribution in [3.8, 4) is 0 Å². The van der Waals surface area contributed by atoms with Gasteiger partial charge in [-0.1, -0.05) is 12.1 Å². The number of carbonyl (C=O) groups is 2. The maximum absolute atomic E-state index is 11.9. The minimum atomic E-state index is -0.405. The third kappa shape index (κ3) is 3.50. The number of hydrogen-bond acceptors (Lipinski definition) is 5. The van der Waals surface area contributed by atoms with E-state index >= 15 is 0 Å². The van der Waals surface area contributed by atoms with Crippen molar-refractivity contribution in [2.45, 2.75) is 25.9 Å². The highest BCUT2D eigenvalue weighted by molar-refractivity contribution is 6.01. The topological polar surface area (TPSA) is 80.2 Å². The van der Waals surface area contributed by atoms with E-state index in [2.05, 4.69) is 10.5 Å². The van der Waals surface area contributed by atoms with Crippen LogP contribution in [0.25, 0.3) is 0 Å². The number of carbonyl (C=O) groups excluding carboxylic acids is 2. The molecular formula is C16H19N3O4. The largest absolute Gasteiger partial charge is 0.447 e. The molecule has 2 amide bonds. The van der Waals surface area contributed by atoms with E-state index in [0.29, 0.717) is 25.5 Å². The summed E-state index contributed by atoms with van der Waals surface area (Å²) in [6.07, 6.45) is 0.877. The molecule has 7 nitrogen and oxygen atoms in total. The minimum Gasteiger partial charge on any atom is -0.447 e. The molecule has 122 valence electrons. The van der Waals surface area contributed by atoms with E-state index in [1.165, 1.54) is 0 Å². The SMILES string of the molecule is C/C(=N\NC(=O)C1CCCO1)c1cccc(N2CCOC2=O)c1. The first-order valence-corrected chi connectivity index (χ1v) is 7.65. The summed E-state index contributed by atoms with van der Waals surface area (Å²) < 4.78 is 10.3. The molecule has 0 aromatic heterocycles. The molecular weight excluding hydrogens is 298 g/mol.